The summed E-state index contributed by atoms with van der Waals surface area (Å²) in [6, 6.07) is 6.28. The SMILES string of the molecule is CCC(N)Cc1ccc(OC2CCCCC2)c(Cl)c1. The fourth-order valence-corrected chi connectivity index (χ4v) is 2.82. The highest BCUT2D eigenvalue weighted by Gasteiger charge is 2.16. The van der Waals surface area contributed by atoms with Gasteiger partial charge in [0.15, 0.2) is 0 Å². The summed E-state index contributed by atoms with van der Waals surface area (Å²) in [5.41, 5.74) is 7.16. The van der Waals surface area contributed by atoms with Crippen molar-refractivity contribution in [3.8, 4) is 5.75 Å². The Morgan fingerprint density at radius 2 is 2.05 bits per heavy atom. The third-order valence-electron chi connectivity index (χ3n) is 3.86. The minimum absolute atomic E-state index is 0.209. The minimum Gasteiger partial charge on any atom is -0.489 e. The molecule has 1 unspecified atom stereocenters. The average Bonchev–Trinajstić information content (AvgIpc) is 2.43. The first-order valence-electron chi connectivity index (χ1n) is 7.39. The molecule has 0 spiro atoms. The number of hydrogen-bond acceptors (Lipinski definition) is 2. The molecule has 2 N–H and O–H groups in total. The number of hydrogen-bond donors (Lipinski definition) is 1. The summed E-state index contributed by atoms with van der Waals surface area (Å²) in [5, 5.41) is 0.714. The van der Waals surface area contributed by atoms with Gasteiger partial charge < -0.3 is 10.5 Å². The second-order valence-electron chi connectivity index (χ2n) is 5.52. The van der Waals surface area contributed by atoms with Crippen LogP contribution in [-0.4, -0.2) is 12.1 Å². The maximum absolute atomic E-state index is 6.31. The minimum atomic E-state index is 0.209. The maximum atomic E-state index is 6.31. The van der Waals surface area contributed by atoms with E-state index in [1.807, 2.05) is 12.1 Å². The van der Waals surface area contributed by atoms with Crippen molar-refractivity contribution in [3.05, 3.63) is 28.8 Å². The Labute approximate surface area is 121 Å². The van der Waals surface area contributed by atoms with Gasteiger partial charge in [-0.05, 0) is 56.2 Å². The molecule has 0 aromatic heterocycles. The van der Waals surface area contributed by atoms with Gasteiger partial charge in [-0.2, -0.15) is 0 Å². The fraction of sp³-hybridized carbons (Fsp3) is 0.625. The van der Waals surface area contributed by atoms with Crippen LogP contribution in [0, 0.1) is 0 Å². The molecule has 19 heavy (non-hydrogen) atoms. The highest BCUT2D eigenvalue weighted by atomic mass is 35.5. The lowest BCUT2D eigenvalue weighted by molar-refractivity contribution is 0.155. The van der Waals surface area contributed by atoms with E-state index in [-0.39, 0.29) is 6.04 Å². The zero-order valence-corrected chi connectivity index (χ0v) is 12.5. The fourth-order valence-electron chi connectivity index (χ4n) is 2.58. The molecule has 1 aromatic carbocycles. The summed E-state index contributed by atoms with van der Waals surface area (Å²) in [4.78, 5) is 0. The molecule has 1 aromatic rings. The van der Waals surface area contributed by atoms with Crippen LogP contribution in [0.5, 0.6) is 5.75 Å². The Balaban J connectivity index is 1.98. The highest BCUT2D eigenvalue weighted by molar-refractivity contribution is 6.32. The van der Waals surface area contributed by atoms with E-state index in [2.05, 4.69) is 13.0 Å². The van der Waals surface area contributed by atoms with Gasteiger partial charge in [0.2, 0.25) is 0 Å². The van der Waals surface area contributed by atoms with E-state index in [1.54, 1.807) is 0 Å². The van der Waals surface area contributed by atoms with Crippen LogP contribution in [0.25, 0.3) is 0 Å². The Morgan fingerprint density at radius 1 is 1.32 bits per heavy atom. The van der Waals surface area contributed by atoms with Crippen molar-refractivity contribution in [2.45, 2.75) is 64.0 Å². The van der Waals surface area contributed by atoms with Crippen LogP contribution in [0.3, 0.4) is 0 Å². The van der Waals surface area contributed by atoms with Crippen LogP contribution in [0.2, 0.25) is 5.02 Å². The van der Waals surface area contributed by atoms with Crippen LogP contribution in [-0.2, 0) is 6.42 Å². The van der Waals surface area contributed by atoms with Gasteiger partial charge in [-0.15, -0.1) is 0 Å². The van der Waals surface area contributed by atoms with Gasteiger partial charge in [-0.1, -0.05) is 31.0 Å². The number of ether oxygens (including phenoxy) is 1. The van der Waals surface area contributed by atoms with E-state index in [1.165, 1.54) is 24.8 Å². The lowest BCUT2D eigenvalue weighted by atomic mass is 9.98. The van der Waals surface area contributed by atoms with E-state index in [9.17, 15) is 0 Å². The summed E-state index contributed by atoms with van der Waals surface area (Å²) >= 11 is 6.31. The molecule has 3 heteroatoms. The number of rotatable bonds is 5. The molecule has 0 heterocycles. The summed E-state index contributed by atoms with van der Waals surface area (Å²) in [6.45, 7) is 2.10. The van der Waals surface area contributed by atoms with E-state index >= 15 is 0 Å². The lowest BCUT2D eigenvalue weighted by Crippen LogP contribution is -2.21. The predicted octanol–water partition coefficient (Wildman–Crippen LogP) is 4.33. The summed E-state index contributed by atoms with van der Waals surface area (Å²) < 4.78 is 6.01. The van der Waals surface area contributed by atoms with Crippen molar-refractivity contribution in [2.24, 2.45) is 5.73 Å². The van der Waals surface area contributed by atoms with Crippen molar-refractivity contribution < 1.29 is 4.74 Å². The molecule has 0 radical (unpaired) electrons. The Hall–Kier alpha value is -0.730. The second-order valence-corrected chi connectivity index (χ2v) is 5.92. The van der Waals surface area contributed by atoms with Gasteiger partial charge in [-0.3, -0.25) is 0 Å². The molecule has 106 valence electrons. The number of nitrogens with two attached hydrogens (primary N) is 1. The quantitative estimate of drug-likeness (QED) is 0.872. The molecule has 0 aliphatic heterocycles. The van der Waals surface area contributed by atoms with Crippen LogP contribution in [0.15, 0.2) is 18.2 Å². The first kappa shape index (κ1) is 14.7. The summed E-state index contributed by atoms with van der Waals surface area (Å²) in [5.74, 6) is 0.822. The number of halogens is 1. The third kappa shape index (κ3) is 4.39. The molecule has 2 nitrogen and oxygen atoms in total. The molecule has 1 saturated carbocycles. The lowest BCUT2D eigenvalue weighted by Gasteiger charge is -2.23. The molecule has 0 amide bonds. The Morgan fingerprint density at radius 3 is 2.68 bits per heavy atom. The maximum Gasteiger partial charge on any atom is 0.138 e. The first-order chi connectivity index (χ1) is 9.19. The van der Waals surface area contributed by atoms with Gasteiger partial charge in [0.1, 0.15) is 5.75 Å². The molecule has 2 rings (SSSR count). The van der Waals surface area contributed by atoms with Gasteiger partial charge in [-0.25, -0.2) is 0 Å². The van der Waals surface area contributed by atoms with Crippen molar-refractivity contribution in [2.75, 3.05) is 0 Å². The average molecular weight is 282 g/mol. The second kappa shape index (κ2) is 7.16. The largest absolute Gasteiger partial charge is 0.489 e. The zero-order valence-electron chi connectivity index (χ0n) is 11.7. The summed E-state index contributed by atoms with van der Waals surface area (Å²) in [6.07, 6.45) is 8.38. The Kier molecular flexibility index (Phi) is 5.53. The van der Waals surface area contributed by atoms with Gasteiger partial charge in [0.25, 0.3) is 0 Å². The number of benzene rings is 1. The van der Waals surface area contributed by atoms with Gasteiger partial charge in [0.05, 0.1) is 11.1 Å². The van der Waals surface area contributed by atoms with Crippen LogP contribution in [0.1, 0.15) is 51.0 Å². The molecular weight excluding hydrogens is 258 g/mol. The summed E-state index contributed by atoms with van der Waals surface area (Å²) in [7, 11) is 0. The van der Waals surface area contributed by atoms with E-state index < -0.39 is 0 Å². The third-order valence-corrected chi connectivity index (χ3v) is 4.16. The van der Waals surface area contributed by atoms with Crippen LogP contribution >= 0.6 is 11.6 Å². The van der Waals surface area contributed by atoms with E-state index in [0.717, 1.165) is 31.4 Å². The van der Waals surface area contributed by atoms with Crippen molar-refractivity contribution in [1.82, 2.24) is 0 Å². The molecule has 0 saturated heterocycles. The zero-order chi connectivity index (χ0) is 13.7. The predicted molar refractivity (Wildman–Crippen MR) is 80.9 cm³/mol. The topological polar surface area (TPSA) is 35.2 Å². The van der Waals surface area contributed by atoms with Crippen molar-refractivity contribution in [1.29, 1.82) is 0 Å². The van der Waals surface area contributed by atoms with Crippen LogP contribution < -0.4 is 10.5 Å². The van der Waals surface area contributed by atoms with Gasteiger partial charge >= 0.3 is 0 Å². The highest BCUT2D eigenvalue weighted by Crippen LogP contribution is 2.30. The van der Waals surface area contributed by atoms with Crippen molar-refractivity contribution >= 4 is 11.6 Å². The molecule has 1 atom stereocenters. The molecule has 1 aliphatic rings. The van der Waals surface area contributed by atoms with Crippen molar-refractivity contribution in [3.63, 3.8) is 0 Å². The molecule has 1 aliphatic carbocycles. The molecule has 1 fully saturated rings. The Bertz CT molecular complexity index is 402. The van der Waals surface area contributed by atoms with E-state index in [4.69, 9.17) is 22.1 Å². The normalized spacial score (nSPS) is 18.3. The van der Waals surface area contributed by atoms with Crippen LogP contribution in [0.4, 0.5) is 0 Å². The first-order valence-corrected chi connectivity index (χ1v) is 7.77. The molecular formula is C16H24ClNO. The smallest absolute Gasteiger partial charge is 0.138 e. The van der Waals surface area contributed by atoms with E-state index in [0.29, 0.717) is 11.1 Å². The van der Waals surface area contributed by atoms with Gasteiger partial charge in [0, 0.05) is 6.04 Å². The standard InChI is InChI=1S/C16H24ClNO/c1-2-13(18)10-12-8-9-16(15(17)11-12)19-14-6-4-3-5-7-14/h8-9,11,13-14H,2-7,10,18H2,1H3. The monoisotopic (exact) mass is 281 g/mol. The molecule has 0 bridgehead atoms.